The van der Waals surface area contributed by atoms with E-state index in [1.807, 2.05) is 0 Å². The first-order valence-corrected chi connectivity index (χ1v) is 9.09. The zero-order valence-electron chi connectivity index (χ0n) is 13.9. The first-order valence-electron chi connectivity index (χ1n) is 9.09. The molecule has 1 heteroatoms. The molecule has 2 rings (SSSR count). The minimum Gasteiger partial charge on any atom is -0.365 e. The van der Waals surface area contributed by atoms with Crippen molar-refractivity contribution in [2.24, 2.45) is 0 Å². The summed E-state index contributed by atoms with van der Waals surface area (Å²) < 4.78 is 5.78. The Morgan fingerprint density at radius 1 is 0.905 bits per heavy atom. The Morgan fingerprint density at radius 2 is 1.67 bits per heavy atom. The lowest BCUT2D eigenvalue weighted by Crippen LogP contribution is -1.91. The molecule has 0 aliphatic carbocycles. The number of aryl methyl sites for hydroxylation is 1. The van der Waals surface area contributed by atoms with Crippen molar-refractivity contribution in [2.45, 2.75) is 90.3 Å². The van der Waals surface area contributed by atoms with E-state index in [9.17, 15) is 0 Å². The second-order valence-corrected chi connectivity index (χ2v) is 6.50. The van der Waals surface area contributed by atoms with Gasteiger partial charge in [0.25, 0.3) is 0 Å². The number of ether oxygens (including phenoxy) is 1. The highest BCUT2D eigenvalue weighted by Gasteiger charge is 2.38. The van der Waals surface area contributed by atoms with E-state index >= 15 is 0 Å². The van der Waals surface area contributed by atoms with Crippen molar-refractivity contribution in [2.75, 3.05) is 0 Å². The Hall–Kier alpha value is -0.820. The predicted octanol–water partition coefficient (Wildman–Crippen LogP) is 6.22. The van der Waals surface area contributed by atoms with Crippen molar-refractivity contribution in [3.05, 3.63) is 35.4 Å². The summed E-state index contributed by atoms with van der Waals surface area (Å²) in [6, 6.07) is 9.08. The number of hydrogen-bond donors (Lipinski definition) is 0. The van der Waals surface area contributed by atoms with Crippen LogP contribution in [-0.4, -0.2) is 6.10 Å². The molecule has 1 heterocycles. The highest BCUT2D eigenvalue weighted by molar-refractivity contribution is 5.28. The van der Waals surface area contributed by atoms with Crippen LogP contribution in [0.2, 0.25) is 0 Å². The average molecular weight is 288 g/mol. The number of benzene rings is 1. The Balaban J connectivity index is 1.65. The van der Waals surface area contributed by atoms with Crippen LogP contribution in [0.3, 0.4) is 0 Å². The first-order chi connectivity index (χ1) is 10.3. The molecule has 2 atom stereocenters. The van der Waals surface area contributed by atoms with Crippen LogP contribution >= 0.6 is 0 Å². The molecule has 1 aromatic carbocycles. The number of hydrogen-bond acceptors (Lipinski definition) is 1. The van der Waals surface area contributed by atoms with E-state index in [4.69, 9.17) is 4.74 Å². The summed E-state index contributed by atoms with van der Waals surface area (Å²) >= 11 is 0. The summed E-state index contributed by atoms with van der Waals surface area (Å²) in [5, 5.41) is 0. The van der Waals surface area contributed by atoms with Crippen LogP contribution in [0.15, 0.2) is 24.3 Å². The molecule has 118 valence electrons. The summed E-state index contributed by atoms with van der Waals surface area (Å²) in [5.74, 6) is 0. The molecule has 1 saturated heterocycles. The second kappa shape index (κ2) is 9.25. The van der Waals surface area contributed by atoms with E-state index in [-0.39, 0.29) is 0 Å². The predicted molar refractivity (Wildman–Crippen MR) is 90.7 cm³/mol. The van der Waals surface area contributed by atoms with Crippen LogP contribution < -0.4 is 0 Å². The van der Waals surface area contributed by atoms with Crippen LogP contribution in [0, 0.1) is 0 Å². The molecule has 1 aliphatic heterocycles. The zero-order valence-corrected chi connectivity index (χ0v) is 13.9. The molecular formula is C20H32O. The van der Waals surface area contributed by atoms with Crippen molar-refractivity contribution in [1.82, 2.24) is 0 Å². The van der Waals surface area contributed by atoms with Crippen LogP contribution in [0.5, 0.6) is 0 Å². The number of rotatable bonds is 11. The Bertz CT molecular complexity index is 399. The van der Waals surface area contributed by atoms with E-state index in [2.05, 4.69) is 38.1 Å². The van der Waals surface area contributed by atoms with Gasteiger partial charge in [-0.2, -0.15) is 0 Å². The third-order valence-electron chi connectivity index (χ3n) is 4.50. The van der Waals surface area contributed by atoms with E-state index in [0.29, 0.717) is 12.2 Å². The molecule has 0 spiro atoms. The Labute approximate surface area is 131 Å². The maximum absolute atomic E-state index is 5.78. The molecule has 0 N–H and O–H groups in total. The Morgan fingerprint density at radius 3 is 2.43 bits per heavy atom. The van der Waals surface area contributed by atoms with E-state index in [1.165, 1.54) is 75.3 Å². The van der Waals surface area contributed by atoms with Crippen molar-refractivity contribution in [1.29, 1.82) is 0 Å². The molecule has 1 fully saturated rings. The van der Waals surface area contributed by atoms with E-state index in [1.54, 1.807) is 0 Å². The molecule has 0 radical (unpaired) electrons. The minimum atomic E-state index is 0.388. The van der Waals surface area contributed by atoms with Crippen molar-refractivity contribution in [3.63, 3.8) is 0 Å². The highest BCUT2D eigenvalue weighted by atomic mass is 16.6. The van der Waals surface area contributed by atoms with Crippen molar-refractivity contribution < 1.29 is 4.74 Å². The lowest BCUT2D eigenvalue weighted by Gasteiger charge is -2.04. The quantitative estimate of drug-likeness (QED) is 0.348. The lowest BCUT2D eigenvalue weighted by atomic mass is 10.0. The number of epoxide rings is 1. The summed E-state index contributed by atoms with van der Waals surface area (Å²) in [4.78, 5) is 0. The SMILES string of the molecule is CCCCCCCCCc1cccc(C2OC2CCC)c1. The third-order valence-corrected chi connectivity index (χ3v) is 4.50. The largest absolute Gasteiger partial charge is 0.365 e. The minimum absolute atomic E-state index is 0.388. The van der Waals surface area contributed by atoms with Crippen molar-refractivity contribution >= 4 is 0 Å². The molecule has 0 bridgehead atoms. The molecule has 0 saturated carbocycles. The summed E-state index contributed by atoms with van der Waals surface area (Å²) in [5.41, 5.74) is 2.89. The normalized spacial score (nSPS) is 20.7. The highest BCUT2D eigenvalue weighted by Crippen LogP contribution is 2.41. The van der Waals surface area contributed by atoms with Gasteiger partial charge in [0, 0.05) is 0 Å². The third kappa shape index (κ3) is 5.82. The monoisotopic (exact) mass is 288 g/mol. The van der Waals surface area contributed by atoms with Crippen molar-refractivity contribution in [3.8, 4) is 0 Å². The van der Waals surface area contributed by atoms with Crippen LogP contribution in [0.4, 0.5) is 0 Å². The molecule has 0 amide bonds. The fourth-order valence-electron chi connectivity index (χ4n) is 3.15. The van der Waals surface area contributed by atoms with Gasteiger partial charge in [-0.05, 0) is 30.4 Å². The number of unbranched alkanes of at least 4 members (excludes halogenated alkanes) is 6. The van der Waals surface area contributed by atoms with Gasteiger partial charge >= 0.3 is 0 Å². The molecule has 1 aliphatic rings. The summed E-state index contributed by atoms with van der Waals surface area (Å²) in [6.07, 6.45) is 14.2. The average Bonchev–Trinajstić information content (AvgIpc) is 3.26. The maximum atomic E-state index is 5.78. The standard InChI is InChI=1S/C20H32O/c1-3-5-6-7-8-9-10-13-17-14-11-15-18(16-17)20-19(21-20)12-4-2/h11,14-16,19-20H,3-10,12-13H2,1-2H3. The molecule has 21 heavy (non-hydrogen) atoms. The first kappa shape index (κ1) is 16.5. The molecule has 0 aromatic heterocycles. The van der Waals surface area contributed by atoms with Gasteiger partial charge in [0.2, 0.25) is 0 Å². The van der Waals surface area contributed by atoms with Gasteiger partial charge in [-0.3, -0.25) is 0 Å². The van der Waals surface area contributed by atoms with Gasteiger partial charge in [0.1, 0.15) is 6.10 Å². The Kier molecular flexibility index (Phi) is 7.29. The molecule has 1 aromatic rings. The lowest BCUT2D eigenvalue weighted by molar-refractivity contribution is 0.364. The van der Waals surface area contributed by atoms with Gasteiger partial charge in [-0.1, -0.05) is 83.1 Å². The van der Waals surface area contributed by atoms with Crippen LogP contribution in [-0.2, 0) is 11.2 Å². The van der Waals surface area contributed by atoms with Gasteiger partial charge in [0.05, 0.1) is 6.10 Å². The van der Waals surface area contributed by atoms with Gasteiger partial charge in [0.15, 0.2) is 0 Å². The second-order valence-electron chi connectivity index (χ2n) is 6.50. The smallest absolute Gasteiger partial charge is 0.109 e. The van der Waals surface area contributed by atoms with E-state index < -0.39 is 0 Å². The van der Waals surface area contributed by atoms with Gasteiger partial charge < -0.3 is 4.74 Å². The molecular weight excluding hydrogens is 256 g/mol. The van der Waals surface area contributed by atoms with Crippen LogP contribution in [0.1, 0.15) is 88.9 Å². The van der Waals surface area contributed by atoms with E-state index in [0.717, 1.165) is 0 Å². The maximum Gasteiger partial charge on any atom is 0.109 e. The van der Waals surface area contributed by atoms with Gasteiger partial charge in [-0.25, -0.2) is 0 Å². The fraction of sp³-hybridized carbons (Fsp3) is 0.700. The zero-order chi connectivity index (χ0) is 14.9. The topological polar surface area (TPSA) is 12.5 Å². The molecule has 2 unspecified atom stereocenters. The molecule has 1 nitrogen and oxygen atoms in total. The summed E-state index contributed by atoms with van der Waals surface area (Å²) in [6.45, 7) is 4.51. The van der Waals surface area contributed by atoms with Crippen LogP contribution in [0.25, 0.3) is 0 Å². The van der Waals surface area contributed by atoms with Gasteiger partial charge in [-0.15, -0.1) is 0 Å². The summed E-state index contributed by atoms with van der Waals surface area (Å²) in [7, 11) is 0. The fourth-order valence-corrected chi connectivity index (χ4v) is 3.15.